The van der Waals surface area contributed by atoms with Crippen LogP contribution >= 0.6 is 0 Å². The highest BCUT2D eigenvalue weighted by atomic mass is 14.8. The van der Waals surface area contributed by atoms with Crippen LogP contribution in [0.2, 0.25) is 0 Å². The largest absolute Gasteiger partial charge is 0.388 e. The van der Waals surface area contributed by atoms with E-state index >= 15 is 0 Å². The van der Waals surface area contributed by atoms with Crippen molar-refractivity contribution in [3.8, 4) is 0 Å². The van der Waals surface area contributed by atoms with Gasteiger partial charge in [-0.1, -0.05) is 12.1 Å². The summed E-state index contributed by atoms with van der Waals surface area (Å²) in [7, 11) is 1.92. The van der Waals surface area contributed by atoms with Gasteiger partial charge in [0.15, 0.2) is 0 Å². The number of anilines is 1. The molecule has 0 bridgehead atoms. The van der Waals surface area contributed by atoms with Crippen LogP contribution in [0.3, 0.4) is 0 Å². The van der Waals surface area contributed by atoms with Gasteiger partial charge in [0.1, 0.15) is 0 Å². The zero-order valence-corrected chi connectivity index (χ0v) is 7.67. The van der Waals surface area contributed by atoms with E-state index in [9.17, 15) is 0 Å². The van der Waals surface area contributed by atoms with Crippen molar-refractivity contribution in [2.24, 2.45) is 5.73 Å². The molecule has 0 saturated heterocycles. The van der Waals surface area contributed by atoms with Gasteiger partial charge in [-0.3, -0.25) is 0 Å². The van der Waals surface area contributed by atoms with Crippen LogP contribution in [0, 0.1) is 0 Å². The Morgan fingerprint density at radius 3 is 2.33 bits per heavy atom. The average Bonchev–Trinajstić information content (AvgIpc) is 2.05. The third-order valence-electron chi connectivity index (χ3n) is 1.80. The molecule has 1 atom stereocenters. The van der Waals surface area contributed by atoms with Gasteiger partial charge in [-0.05, 0) is 31.0 Å². The minimum atomic E-state index is 0.241. The zero-order valence-electron chi connectivity index (χ0n) is 7.67. The summed E-state index contributed by atoms with van der Waals surface area (Å²) in [6, 6.07) is 8.59. The lowest BCUT2D eigenvalue weighted by atomic mass is 10.1. The summed E-state index contributed by atoms with van der Waals surface area (Å²) in [5.41, 5.74) is 8.12. The van der Waals surface area contributed by atoms with E-state index < -0.39 is 0 Å². The highest BCUT2D eigenvalue weighted by Gasteiger charge is 1.96. The van der Waals surface area contributed by atoms with Gasteiger partial charge in [-0.25, -0.2) is 0 Å². The Morgan fingerprint density at radius 1 is 1.33 bits per heavy atom. The third-order valence-corrected chi connectivity index (χ3v) is 1.80. The maximum Gasteiger partial charge on any atom is 0.0337 e. The number of nitrogens with two attached hydrogens (primary N) is 1. The van der Waals surface area contributed by atoms with Crippen LogP contribution in [0.5, 0.6) is 0 Å². The number of hydrogen-bond acceptors (Lipinski definition) is 2. The zero-order chi connectivity index (χ0) is 8.97. The molecule has 2 nitrogen and oxygen atoms in total. The van der Waals surface area contributed by atoms with Gasteiger partial charge in [-0.15, -0.1) is 0 Å². The smallest absolute Gasteiger partial charge is 0.0337 e. The second-order valence-corrected chi connectivity index (χ2v) is 3.13. The van der Waals surface area contributed by atoms with E-state index in [1.807, 2.05) is 14.0 Å². The van der Waals surface area contributed by atoms with Crippen molar-refractivity contribution in [2.75, 3.05) is 12.4 Å². The number of nitrogens with one attached hydrogen (secondary N) is 1. The lowest BCUT2D eigenvalue weighted by molar-refractivity contribution is 0.738. The molecule has 0 unspecified atom stereocenters. The van der Waals surface area contributed by atoms with Crippen molar-refractivity contribution in [3.63, 3.8) is 0 Å². The van der Waals surface area contributed by atoms with Crippen molar-refractivity contribution < 1.29 is 0 Å². The Morgan fingerprint density at radius 2 is 1.92 bits per heavy atom. The summed E-state index contributed by atoms with van der Waals surface area (Å²) in [6.07, 6.45) is 0.948. The van der Waals surface area contributed by atoms with Crippen LogP contribution in [0.15, 0.2) is 24.3 Å². The van der Waals surface area contributed by atoms with Crippen molar-refractivity contribution in [2.45, 2.75) is 19.4 Å². The Balaban J connectivity index is 2.65. The van der Waals surface area contributed by atoms with Crippen molar-refractivity contribution >= 4 is 5.69 Å². The van der Waals surface area contributed by atoms with Gasteiger partial charge in [0.05, 0.1) is 0 Å². The van der Waals surface area contributed by atoms with Crippen molar-refractivity contribution in [1.29, 1.82) is 0 Å². The van der Waals surface area contributed by atoms with E-state index in [0.29, 0.717) is 0 Å². The summed E-state index contributed by atoms with van der Waals surface area (Å²) in [4.78, 5) is 0. The van der Waals surface area contributed by atoms with Gasteiger partial charge >= 0.3 is 0 Å². The van der Waals surface area contributed by atoms with Crippen LogP contribution < -0.4 is 11.1 Å². The fraction of sp³-hybridized carbons (Fsp3) is 0.400. The van der Waals surface area contributed by atoms with Gasteiger partial charge in [0.2, 0.25) is 0 Å². The topological polar surface area (TPSA) is 38.0 Å². The van der Waals surface area contributed by atoms with E-state index in [2.05, 4.69) is 29.6 Å². The van der Waals surface area contributed by atoms with Crippen LogP contribution in [0.4, 0.5) is 5.69 Å². The first-order valence-corrected chi connectivity index (χ1v) is 4.24. The maximum absolute atomic E-state index is 5.68. The SMILES string of the molecule is CNc1ccc(C[C@H](C)N)cc1. The lowest BCUT2D eigenvalue weighted by Crippen LogP contribution is -2.17. The first-order chi connectivity index (χ1) is 5.72. The molecule has 0 aliphatic carbocycles. The van der Waals surface area contributed by atoms with Gasteiger partial charge in [0, 0.05) is 18.8 Å². The molecule has 0 aliphatic heterocycles. The van der Waals surface area contributed by atoms with E-state index in [1.165, 1.54) is 5.56 Å². The molecular weight excluding hydrogens is 148 g/mol. The summed E-state index contributed by atoms with van der Waals surface area (Å²) >= 11 is 0. The maximum atomic E-state index is 5.68. The molecule has 12 heavy (non-hydrogen) atoms. The summed E-state index contributed by atoms with van der Waals surface area (Å²) in [6.45, 7) is 2.02. The van der Waals surface area contributed by atoms with Crippen LogP contribution in [-0.4, -0.2) is 13.1 Å². The monoisotopic (exact) mass is 164 g/mol. The average molecular weight is 164 g/mol. The molecule has 0 aromatic heterocycles. The Hall–Kier alpha value is -1.02. The van der Waals surface area contributed by atoms with E-state index in [0.717, 1.165) is 12.1 Å². The first-order valence-electron chi connectivity index (χ1n) is 4.24. The normalized spacial score (nSPS) is 12.6. The molecule has 1 rings (SSSR count). The quantitative estimate of drug-likeness (QED) is 0.712. The molecule has 3 N–H and O–H groups in total. The molecule has 66 valence electrons. The molecular formula is C10H16N2. The lowest BCUT2D eigenvalue weighted by Gasteiger charge is -2.05. The van der Waals surface area contributed by atoms with Gasteiger partial charge in [0.25, 0.3) is 0 Å². The summed E-state index contributed by atoms with van der Waals surface area (Å²) < 4.78 is 0. The predicted molar refractivity (Wildman–Crippen MR) is 53.3 cm³/mol. The summed E-state index contributed by atoms with van der Waals surface area (Å²) in [5.74, 6) is 0. The fourth-order valence-electron chi connectivity index (χ4n) is 1.18. The molecule has 0 saturated carbocycles. The number of hydrogen-bond donors (Lipinski definition) is 2. The molecule has 0 amide bonds. The predicted octanol–water partition coefficient (Wildman–Crippen LogP) is 1.62. The van der Waals surface area contributed by atoms with Gasteiger partial charge in [-0.2, -0.15) is 0 Å². The van der Waals surface area contributed by atoms with Crippen molar-refractivity contribution in [1.82, 2.24) is 0 Å². The molecule has 0 aliphatic rings. The number of rotatable bonds is 3. The van der Waals surface area contributed by atoms with E-state index in [1.54, 1.807) is 0 Å². The Labute approximate surface area is 73.8 Å². The minimum absolute atomic E-state index is 0.241. The van der Waals surface area contributed by atoms with E-state index in [4.69, 9.17) is 5.73 Å². The Kier molecular flexibility index (Phi) is 3.11. The highest BCUT2D eigenvalue weighted by Crippen LogP contribution is 2.09. The van der Waals surface area contributed by atoms with Crippen LogP contribution in [0.25, 0.3) is 0 Å². The molecule has 1 aromatic carbocycles. The molecule has 0 heterocycles. The van der Waals surface area contributed by atoms with E-state index in [-0.39, 0.29) is 6.04 Å². The second-order valence-electron chi connectivity index (χ2n) is 3.13. The highest BCUT2D eigenvalue weighted by molar-refractivity contribution is 5.43. The molecule has 0 fully saturated rings. The molecule has 2 heteroatoms. The van der Waals surface area contributed by atoms with Crippen LogP contribution in [-0.2, 0) is 6.42 Å². The molecule has 0 radical (unpaired) electrons. The second kappa shape index (κ2) is 4.12. The Bertz CT molecular complexity index is 226. The summed E-state index contributed by atoms with van der Waals surface area (Å²) in [5, 5.41) is 3.08. The standard InChI is InChI=1S/C10H16N2/c1-8(11)7-9-3-5-10(12-2)6-4-9/h3-6,8,12H,7,11H2,1-2H3/t8-/m0/s1. The minimum Gasteiger partial charge on any atom is -0.388 e. The van der Waals surface area contributed by atoms with Gasteiger partial charge < -0.3 is 11.1 Å². The van der Waals surface area contributed by atoms with Crippen molar-refractivity contribution in [3.05, 3.63) is 29.8 Å². The first kappa shape index (κ1) is 9.07. The molecule has 0 spiro atoms. The molecule has 1 aromatic rings. The third kappa shape index (κ3) is 2.55. The fourth-order valence-corrected chi connectivity index (χ4v) is 1.18. The number of benzene rings is 1. The van der Waals surface area contributed by atoms with Crippen LogP contribution in [0.1, 0.15) is 12.5 Å².